The van der Waals surface area contributed by atoms with E-state index in [9.17, 15) is 9.59 Å². The normalized spacial score (nSPS) is 15.3. The molecule has 25 heavy (non-hydrogen) atoms. The summed E-state index contributed by atoms with van der Waals surface area (Å²) in [5.74, 6) is -0.675. The number of carbonyl (C=O) groups is 2. The van der Waals surface area contributed by atoms with Crippen LogP contribution in [0.15, 0.2) is 30.3 Å². The molecule has 0 saturated carbocycles. The van der Waals surface area contributed by atoms with Crippen molar-refractivity contribution >= 4 is 34.9 Å². The van der Waals surface area contributed by atoms with Gasteiger partial charge in [0.1, 0.15) is 6.04 Å². The van der Waals surface area contributed by atoms with Crippen molar-refractivity contribution in [2.24, 2.45) is 0 Å². The van der Waals surface area contributed by atoms with Crippen molar-refractivity contribution in [2.45, 2.75) is 25.9 Å². The first-order valence-corrected chi connectivity index (χ1v) is 9.05. The van der Waals surface area contributed by atoms with Crippen molar-refractivity contribution in [3.05, 3.63) is 51.4 Å². The molecule has 0 spiro atoms. The predicted octanol–water partition coefficient (Wildman–Crippen LogP) is 3.60. The summed E-state index contributed by atoms with van der Waals surface area (Å²) >= 11 is 7.79. The fraction of sp³-hybridized carbons (Fsp3) is 0.333. The van der Waals surface area contributed by atoms with Gasteiger partial charge in [0.05, 0.1) is 7.11 Å². The summed E-state index contributed by atoms with van der Waals surface area (Å²) in [5, 5.41) is 1.13. The number of halogens is 1. The van der Waals surface area contributed by atoms with E-state index in [1.165, 1.54) is 30.2 Å². The number of fused-ring (bicyclic) bond motifs is 1. The van der Waals surface area contributed by atoms with Gasteiger partial charge < -0.3 is 9.47 Å². The molecule has 1 aliphatic heterocycles. The van der Waals surface area contributed by atoms with Gasteiger partial charge in [-0.1, -0.05) is 29.8 Å². The minimum atomic E-state index is -0.566. The Morgan fingerprint density at radius 3 is 2.76 bits per heavy atom. The van der Waals surface area contributed by atoms with Crippen molar-refractivity contribution in [3.8, 4) is 5.06 Å². The summed E-state index contributed by atoms with van der Waals surface area (Å²) in [6.45, 7) is 2.64. The van der Waals surface area contributed by atoms with Gasteiger partial charge in [-0.2, -0.15) is 0 Å². The van der Waals surface area contributed by atoms with Crippen LogP contribution in [0.2, 0.25) is 5.02 Å². The first kappa shape index (κ1) is 17.9. The fourth-order valence-electron chi connectivity index (χ4n) is 3.02. The van der Waals surface area contributed by atoms with Gasteiger partial charge in [-0.15, -0.1) is 11.3 Å². The van der Waals surface area contributed by atoms with Crippen LogP contribution in [0, 0.1) is 0 Å². The summed E-state index contributed by atoms with van der Waals surface area (Å²) in [6.07, 6.45) is 0.777. The van der Waals surface area contributed by atoms with E-state index in [4.69, 9.17) is 21.1 Å². The maximum absolute atomic E-state index is 12.4. The van der Waals surface area contributed by atoms with Crippen LogP contribution in [0.25, 0.3) is 0 Å². The Balaban J connectivity index is 1.89. The molecule has 1 atom stereocenters. The monoisotopic (exact) mass is 379 g/mol. The van der Waals surface area contributed by atoms with Crippen LogP contribution in [0.1, 0.15) is 29.0 Å². The molecule has 0 unspecified atom stereocenters. The molecule has 5 nitrogen and oxygen atoms in total. The third kappa shape index (κ3) is 3.86. The highest BCUT2D eigenvalue weighted by molar-refractivity contribution is 7.14. The smallest absolute Gasteiger partial charge is 0.327 e. The molecule has 0 N–H and O–H groups in total. The summed E-state index contributed by atoms with van der Waals surface area (Å²) in [6, 6.07) is 8.61. The summed E-state index contributed by atoms with van der Waals surface area (Å²) in [7, 11) is 1.38. The van der Waals surface area contributed by atoms with Crippen molar-refractivity contribution in [1.29, 1.82) is 0 Å². The Morgan fingerprint density at radius 2 is 2.08 bits per heavy atom. The Hall–Kier alpha value is -1.89. The average Bonchev–Trinajstić information content (AvgIpc) is 2.97. The summed E-state index contributed by atoms with van der Waals surface area (Å²) in [4.78, 5) is 26.8. The van der Waals surface area contributed by atoms with Crippen LogP contribution >= 0.6 is 22.9 Å². The number of rotatable bonds is 4. The lowest BCUT2D eigenvalue weighted by Crippen LogP contribution is -2.38. The Morgan fingerprint density at radius 1 is 1.32 bits per heavy atom. The molecule has 0 bridgehead atoms. The maximum Gasteiger partial charge on any atom is 0.327 e. The van der Waals surface area contributed by atoms with Gasteiger partial charge in [0.25, 0.3) is 0 Å². The van der Waals surface area contributed by atoms with Crippen molar-refractivity contribution in [2.75, 3.05) is 13.7 Å². The topological polar surface area (TPSA) is 55.8 Å². The number of hydrogen-bond donors (Lipinski definition) is 0. The minimum Gasteiger partial charge on any atom is -0.468 e. The standard InChI is InChI=1S/C18H18ClNO4S/c1-11(21)24-16-9-12-10-20(8-7-15(12)25-16)17(18(22)23-2)13-5-3-4-6-14(13)19/h3-6,9,17H,7-8,10H2,1-2H3/t17-/m0/s1. The Bertz CT molecular complexity index is 804. The molecule has 0 aliphatic carbocycles. The molecule has 2 aromatic rings. The highest BCUT2D eigenvalue weighted by atomic mass is 35.5. The van der Waals surface area contributed by atoms with Gasteiger partial charge in [-0.05, 0) is 29.7 Å². The number of hydrogen-bond acceptors (Lipinski definition) is 6. The Labute approximate surface area is 155 Å². The Kier molecular flexibility index (Phi) is 5.42. The van der Waals surface area contributed by atoms with Crippen LogP contribution in [0.5, 0.6) is 5.06 Å². The van der Waals surface area contributed by atoms with Gasteiger partial charge in [-0.3, -0.25) is 9.69 Å². The van der Waals surface area contributed by atoms with E-state index in [0.717, 1.165) is 17.5 Å². The van der Waals surface area contributed by atoms with Crippen LogP contribution < -0.4 is 4.74 Å². The van der Waals surface area contributed by atoms with Crippen LogP contribution in [-0.2, 0) is 27.3 Å². The number of nitrogens with zero attached hydrogens (tertiary/aromatic N) is 1. The number of methoxy groups -OCH3 is 1. The molecule has 0 amide bonds. The summed E-state index contributed by atoms with van der Waals surface area (Å²) in [5.41, 5.74) is 1.79. The zero-order chi connectivity index (χ0) is 18.0. The lowest BCUT2D eigenvalue weighted by atomic mass is 10.0. The largest absolute Gasteiger partial charge is 0.468 e. The first-order valence-electron chi connectivity index (χ1n) is 7.86. The molecule has 7 heteroatoms. The van der Waals surface area contributed by atoms with Crippen molar-refractivity contribution in [3.63, 3.8) is 0 Å². The molecule has 2 heterocycles. The van der Waals surface area contributed by atoms with Crippen molar-refractivity contribution < 1.29 is 19.1 Å². The highest BCUT2D eigenvalue weighted by Gasteiger charge is 2.33. The minimum absolute atomic E-state index is 0.334. The van der Waals surface area contributed by atoms with E-state index in [2.05, 4.69) is 0 Å². The fourth-order valence-corrected chi connectivity index (χ4v) is 4.31. The third-order valence-corrected chi connectivity index (χ3v) is 5.57. The lowest BCUT2D eigenvalue weighted by molar-refractivity contribution is -0.147. The van der Waals surface area contributed by atoms with Gasteiger partial charge in [0.15, 0.2) is 5.06 Å². The van der Waals surface area contributed by atoms with E-state index in [1.807, 2.05) is 29.2 Å². The SMILES string of the molecule is COC(=O)[C@H](c1ccccc1Cl)N1CCc2sc(OC(C)=O)cc2C1. The first-order chi connectivity index (χ1) is 12.0. The molecule has 3 rings (SSSR count). The van der Waals surface area contributed by atoms with Gasteiger partial charge in [-0.25, -0.2) is 4.79 Å². The summed E-state index contributed by atoms with van der Waals surface area (Å²) < 4.78 is 10.2. The quantitative estimate of drug-likeness (QED) is 0.760. The maximum atomic E-state index is 12.4. The van der Waals surface area contributed by atoms with Crippen molar-refractivity contribution in [1.82, 2.24) is 4.90 Å². The molecule has 1 aromatic heterocycles. The van der Waals surface area contributed by atoms with Crippen LogP contribution in [0.4, 0.5) is 0 Å². The molecule has 1 aliphatic rings. The van der Waals surface area contributed by atoms with E-state index in [-0.39, 0.29) is 11.9 Å². The van der Waals surface area contributed by atoms with E-state index in [0.29, 0.717) is 23.2 Å². The van der Waals surface area contributed by atoms with E-state index < -0.39 is 6.04 Å². The highest BCUT2D eigenvalue weighted by Crippen LogP contribution is 2.37. The number of esters is 2. The van der Waals surface area contributed by atoms with E-state index in [1.54, 1.807) is 6.07 Å². The molecule has 0 saturated heterocycles. The molecular weight excluding hydrogens is 362 g/mol. The average molecular weight is 380 g/mol. The van der Waals surface area contributed by atoms with Crippen LogP contribution in [0.3, 0.4) is 0 Å². The molecule has 0 fully saturated rings. The number of ether oxygens (including phenoxy) is 2. The van der Waals surface area contributed by atoms with Gasteiger partial charge in [0, 0.05) is 29.9 Å². The zero-order valence-corrected chi connectivity index (χ0v) is 15.5. The molecule has 0 radical (unpaired) electrons. The second-order valence-electron chi connectivity index (χ2n) is 5.78. The number of thiophene rings is 1. The van der Waals surface area contributed by atoms with Gasteiger partial charge in [0.2, 0.25) is 0 Å². The second-order valence-corrected chi connectivity index (χ2v) is 7.28. The zero-order valence-electron chi connectivity index (χ0n) is 14.0. The predicted molar refractivity (Wildman–Crippen MR) is 96.0 cm³/mol. The van der Waals surface area contributed by atoms with Crippen LogP contribution in [-0.4, -0.2) is 30.5 Å². The lowest BCUT2D eigenvalue weighted by Gasteiger charge is -2.33. The van der Waals surface area contributed by atoms with Gasteiger partial charge >= 0.3 is 11.9 Å². The van der Waals surface area contributed by atoms with E-state index >= 15 is 0 Å². The second kappa shape index (κ2) is 7.56. The number of benzene rings is 1. The third-order valence-electron chi connectivity index (χ3n) is 4.11. The molecular formula is C18H18ClNO4S. The molecule has 1 aromatic carbocycles. The molecule has 132 valence electrons. The number of carbonyl (C=O) groups excluding carboxylic acids is 2.